The topological polar surface area (TPSA) is 94.8 Å². The molecule has 0 aromatic carbocycles. The third-order valence-corrected chi connectivity index (χ3v) is 1.47. The smallest absolute Gasteiger partial charge is 0.133 e. The minimum Gasteiger partial charge on any atom is -0.405 e. The first-order valence-electron chi connectivity index (χ1n) is 4.51. The highest BCUT2D eigenvalue weighted by molar-refractivity contribution is 6.21. The molecule has 0 radical (unpaired) electrons. The first-order chi connectivity index (χ1) is 7.65. The quantitative estimate of drug-likeness (QED) is 0.503. The SMILES string of the molecule is C=C(C#N)N=CC(=C)C(C=CN)=NCCO. The lowest BCUT2D eigenvalue weighted by molar-refractivity contribution is 0.307. The van der Waals surface area contributed by atoms with Gasteiger partial charge in [0.05, 0.1) is 18.9 Å². The van der Waals surface area contributed by atoms with Crippen LogP contribution < -0.4 is 5.73 Å². The van der Waals surface area contributed by atoms with Gasteiger partial charge in [-0.3, -0.25) is 4.99 Å². The summed E-state index contributed by atoms with van der Waals surface area (Å²) in [6, 6.07) is 1.78. The molecule has 16 heavy (non-hydrogen) atoms. The Labute approximate surface area is 94.6 Å². The molecule has 0 amide bonds. The predicted octanol–water partition coefficient (Wildman–Crippen LogP) is 0.556. The van der Waals surface area contributed by atoms with Gasteiger partial charge in [-0.15, -0.1) is 0 Å². The molecule has 5 heteroatoms. The van der Waals surface area contributed by atoms with Crippen molar-refractivity contribution < 1.29 is 5.11 Å². The van der Waals surface area contributed by atoms with E-state index in [0.717, 1.165) is 0 Å². The molecule has 0 aliphatic carbocycles. The maximum Gasteiger partial charge on any atom is 0.133 e. The van der Waals surface area contributed by atoms with Crippen molar-refractivity contribution in [1.82, 2.24) is 0 Å². The van der Waals surface area contributed by atoms with Crippen molar-refractivity contribution in [2.24, 2.45) is 15.7 Å². The number of nitriles is 1. The zero-order valence-corrected chi connectivity index (χ0v) is 8.93. The summed E-state index contributed by atoms with van der Waals surface area (Å²) in [6.07, 6.45) is 4.23. The molecule has 0 saturated heterocycles. The fourth-order valence-electron chi connectivity index (χ4n) is 0.774. The number of allylic oxidation sites excluding steroid dienone is 3. The van der Waals surface area contributed by atoms with E-state index in [9.17, 15) is 0 Å². The molecule has 0 saturated carbocycles. The zero-order chi connectivity index (χ0) is 12.4. The summed E-state index contributed by atoms with van der Waals surface area (Å²) in [5.41, 5.74) is 6.32. The van der Waals surface area contributed by atoms with Gasteiger partial charge in [0.25, 0.3) is 0 Å². The molecule has 0 unspecified atom stereocenters. The maximum atomic E-state index is 8.64. The van der Waals surface area contributed by atoms with Gasteiger partial charge >= 0.3 is 0 Å². The number of hydrogen-bond acceptors (Lipinski definition) is 5. The van der Waals surface area contributed by atoms with Crippen LogP contribution in [-0.2, 0) is 0 Å². The molecule has 3 N–H and O–H groups in total. The molecule has 0 bridgehead atoms. The lowest BCUT2D eigenvalue weighted by Crippen LogP contribution is -2.03. The Kier molecular flexibility index (Phi) is 7.03. The molecule has 0 spiro atoms. The monoisotopic (exact) mass is 218 g/mol. The number of aliphatic hydroxyl groups is 1. The molecule has 5 nitrogen and oxygen atoms in total. The summed E-state index contributed by atoms with van der Waals surface area (Å²) >= 11 is 0. The van der Waals surface area contributed by atoms with Crippen molar-refractivity contribution >= 4 is 11.9 Å². The molecule has 0 aromatic heterocycles. The maximum absolute atomic E-state index is 8.64. The summed E-state index contributed by atoms with van der Waals surface area (Å²) in [5.74, 6) is 0. The second-order valence-corrected chi connectivity index (χ2v) is 2.69. The van der Waals surface area contributed by atoms with E-state index in [2.05, 4.69) is 23.1 Å². The van der Waals surface area contributed by atoms with E-state index in [1.165, 1.54) is 12.4 Å². The number of nitrogens with two attached hydrogens (primary N) is 1. The van der Waals surface area contributed by atoms with Crippen LogP contribution in [0.4, 0.5) is 0 Å². The molecule has 0 heterocycles. The van der Waals surface area contributed by atoms with Crippen LogP contribution in [0.1, 0.15) is 0 Å². The van der Waals surface area contributed by atoms with Gasteiger partial charge in [-0.2, -0.15) is 5.26 Å². The summed E-state index contributed by atoms with van der Waals surface area (Å²) in [5, 5.41) is 17.1. The predicted molar refractivity (Wildman–Crippen MR) is 65.1 cm³/mol. The lowest BCUT2D eigenvalue weighted by Gasteiger charge is -1.99. The Morgan fingerprint density at radius 3 is 2.69 bits per heavy atom. The molecule has 0 rings (SSSR count). The summed E-state index contributed by atoms with van der Waals surface area (Å²) < 4.78 is 0. The minimum absolute atomic E-state index is 0.0583. The van der Waals surface area contributed by atoms with Crippen LogP contribution in [0.15, 0.2) is 46.7 Å². The van der Waals surface area contributed by atoms with Crippen LogP contribution in [-0.4, -0.2) is 30.2 Å². The van der Waals surface area contributed by atoms with Gasteiger partial charge in [-0.05, 0) is 12.3 Å². The molecular weight excluding hydrogens is 204 g/mol. The lowest BCUT2D eigenvalue weighted by atomic mass is 10.2. The average Bonchev–Trinajstić information content (AvgIpc) is 2.30. The van der Waals surface area contributed by atoms with Crippen LogP contribution in [0.3, 0.4) is 0 Å². The number of rotatable bonds is 6. The summed E-state index contributed by atoms with van der Waals surface area (Å²) in [7, 11) is 0. The third kappa shape index (κ3) is 5.52. The van der Waals surface area contributed by atoms with Crippen LogP contribution in [0.25, 0.3) is 0 Å². The fraction of sp³-hybridized carbons (Fsp3) is 0.182. The van der Waals surface area contributed by atoms with Gasteiger partial charge in [0.15, 0.2) is 0 Å². The molecule has 0 aromatic rings. The Bertz CT molecular complexity index is 385. The van der Waals surface area contributed by atoms with Crippen LogP contribution in [0, 0.1) is 11.3 Å². The summed E-state index contributed by atoms with van der Waals surface area (Å²) in [4.78, 5) is 7.79. The Morgan fingerprint density at radius 2 is 2.19 bits per heavy atom. The average molecular weight is 218 g/mol. The van der Waals surface area contributed by atoms with Crippen molar-refractivity contribution in [1.29, 1.82) is 5.26 Å². The number of aliphatic imine (C=N–C) groups is 2. The largest absolute Gasteiger partial charge is 0.405 e. The van der Waals surface area contributed by atoms with Crippen LogP contribution in [0.2, 0.25) is 0 Å². The molecule has 0 atom stereocenters. The molecule has 0 aliphatic rings. The van der Waals surface area contributed by atoms with Crippen molar-refractivity contribution in [3.63, 3.8) is 0 Å². The Morgan fingerprint density at radius 1 is 1.50 bits per heavy atom. The van der Waals surface area contributed by atoms with E-state index in [1.807, 2.05) is 0 Å². The first-order valence-corrected chi connectivity index (χ1v) is 4.51. The highest BCUT2D eigenvalue weighted by atomic mass is 16.3. The zero-order valence-electron chi connectivity index (χ0n) is 8.93. The fourth-order valence-corrected chi connectivity index (χ4v) is 0.774. The Hall–Kier alpha value is -2.19. The standard InChI is InChI=1S/C11H14N4O/c1-9(8-15-10(2)7-13)11(3-4-12)14-5-6-16/h3-4,8,16H,1-2,5-6,12H2. The van der Waals surface area contributed by atoms with Gasteiger partial charge in [0.2, 0.25) is 0 Å². The molecule has 0 fully saturated rings. The normalized spacial score (nSPS) is 11.9. The highest BCUT2D eigenvalue weighted by Crippen LogP contribution is 1.97. The second kappa shape index (κ2) is 8.15. The first kappa shape index (κ1) is 13.8. The highest BCUT2D eigenvalue weighted by Gasteiger charge is 1.97. The van der Waals surface area contributed by atoms with Gasteiger partial charge in [-0.1, -0.05) is 13.2 Å². The molecular formula is C11H14N4O. The number of hydrogen-bond donors (Lipinski definition) is 2. The summed E-state index contributed by atoms with van der Waals surface area (Å²) in [6.45, 7) is 7.30. The van der Waals surface area contributed by atoms with Gasteiger partial charge in [0, 0.05) is 11.8 Å². The van der Waals surface area contributed by atoms with Crippen molar-refractivity contribution in [2.75, 3.05) is 13.2 Å². The van der Waals surface area contributed by atoms with E-state index >= 15 is 0 Å². The molecule has 84 valence electrons. The van der Waals surface area contributed by atoms with Crippen LogP contribution in [0.5, 0.6) is 0 Å². The van der Waals surface area contributed by atoms with Gasteiger partial charge < -0.3 is 10.8 Å². The van der Waals surface area contributed by atoms with Gasteiger partial charge in [-0.25, -0.2) is 4.99 Å². The third-order valence-electron chi connectivity index (χ3n) is 1.47. The van der Waals surface area contributed by atoms with E-state index < -0.39 is 0 Å². The van der Waals surface area contributed by atoms with Gasteiger partial charge in [0.1, 0.15) is 11.8 Å². The number of aliphatic hydroxyl groups excluding tert-OH is 1. The Balaban J connectivity index is 4.71. The second-order valence-electron chi connectivity index (χ2n) is 2.69. The van der Waals surface area contributed by atoms with E-state index in [0.29, 0.717) is 11.3 Å². The number of nitrogens with zero attached hydrogens (tertiary/aromatic N) is 3. The van der Waals surface area contributed by atoms with E-state index in [-0.39, 0.29) is 18.8 Å². The van der Waals surface area contributed by atoms with Crippen molar-refractivity contribution in [3.8, 4) is 6.07 Å². The van der Waals surface area contributed by atoms with Crippen LogP contribution >= 0.6 is 0 Å². The van der Waals surface area contributed by atoms with E-state index in [1.54, 1.807) is 12.1 Å². The molecule has 0 aliphatic heterocycles. The van der Waals surface area contributed by atoms with Crippen molar-refractivity contribution in [3.05, 3.63) is 36.7 Å². The minimum atomic E-state index is -0.0583. The van der Waals surface area contributed by atoms with Crippen molar-refractivity contribution in [2.45, 2.75) is 0 Å². The van der Waals surface area contributed by atoms with E-state index in [4.69, 9.17) is 16.1 Å².